The van der Waals surface area contributed by atoms with Crippen molar-refractivity contribution in [3.05, 3.63) is 95.2 Å². The van der Waals surface area contributed by atoms with E-state index in [-0.39, 0.29) is 5.76 Å². The van der Waals surface area contributed by atoms with Gasteiger partial charge in [-0.1, -0.05) is 60.5 Å². The molecule has 5 rings (SSSR count). The molecule has 8 heteroatoms. The standard InChI is InChI=1S/C30H33N3O3S2/c1-22-26-20-25(12-13-28(26)36-29(22)30(34)35)38-33(15-14-23-8-4-3-5-9-23)21-24-10-6-7-11-27(24)31-16-18-32(37-2)19-17-31/h3-13,20H,14-19,21H2,1-2H3,(H,34,35). The Kier molecular flexibility index (Phi) is 8.64. The van der Waals surface area contributed by atoms with Crippen LogP contribution in [0.1, 0.15) is 27.2 Å². The van der Waals surface area contributed by atoms with Gasteiger partial charge in [-0.15, -0.1) is 0 Å². The summed E-state index contributed by atoms with van der Waals surface area (Å²) in [6.45, 7) is 7.67. The van der Waals surface area contributed by atoms with Crippen LogP contribution in [-0.4, -0.2) is 58.7 Å². The quantitative estimate of drug-likeness (QED) is 0.223. The molecule has 0 aliphatic carbocycles. The van der Waals surface area contributed by atoms with E-state index in [0.29, 0.717) is 11.1 Å². The van der Waals surface area contributed by atoms with Crippen LogP contribution in [0.2, 0.25) is 0 Å². The summed E-state index contributed by atoms with van der Waals surface area (Å²) in [6.07, 6.45) is 3.09. The number of hydrogen-bond acceptors (Lipinski definition) is 7. The van der Waals surface area contributed by atoms with E-state index in [2.05, 4.69) is 74.4 Å². The van der Waals surface area contributed by atoms with E-state index in [1.165, 1.54) is 16.8 Å². The number of carbonyl (C=O) groups is 1. The molecule has 2 heterocycles. The van der Waals surface area contributed by atoms with Gasteiger partial charge in [0, 0.05) is 60.8 Å². The first kappa shape index (κ1) is 26.7. The first-order valence-corrected chi connectivity index (χ1v) is 14.8. The number of aromatic carboxylic acids is 1. The van der Waals surface area contributed by atoms with Crippen LogP contribution in [0.5, 0.6) is 0 Å². The van der Waals surface area contributed by atoms with Gasteiger partial charge in [-0.3, -0.25) is 0 Å². The van der Waals surface area contributed by atoms with E-state index >= 15 is 0 Å². The molecule has 38 heavy (non-hydrogen) atoms. The molecule has 1 aliphatic heterocycles. The fourth-order valence-electron chi connectivity index (χ4n) is 4.92. The lowest BCUT2D eigenvalue weighted by Crippen LogP contribution is -2.43. The molecular weight excluding hydrogens is 514 g/mol. The third-order valence-corrected chi connectivity index (χ3v) is 8.92. The molecule has 1 aliphatic rings. The molecule has 0 unspecified atom stereocenters. The zero-order chi connectivity index (χ0) is 26.5. The molecule has 1 fully saturated rings. The Labute approximate surface area is 232 Å². The minimum Gasteiger partial charge on any atom is -0.475 e. The van der Waals surface area contributed by atoms with Crippen molar-refractivity contribution in [3.63, 3.8) is 0 Å². The van der Waals surface area contributed by atoms with Crippen molar-refractivity contribution in [2.45, 2.75) is 24.8 Å². The van der Waals surface area contributed by atoms with Crippen LogP contribution < -0.4 is 4.90 Å². The predicted molar refractivity (Wildman–Crippen MR) is 158 cm³/mol. The predicted octanol–water partition coefficient (Wildman–Crippen LogP) is 6.59. The SMILES string of the molecule is CSN1CCN(c2ccccc2CN(CCc2ccccc2)Sc2ccc3oc(C(=O)O)c(C)c3c2)CC1. The number of para-hydroxylation sites is 1. The van der Waals surface area contributed by atoms with E-state index in [4.69, 9.17) is 4.42 Å². The van der Waals surface area contributed by atoms with Crippen LogP contribution in [0.4, 0.5) is 5.69 Å². The fourth-order valence-corrected chi connectivity index (χ4v) is 6.43. The molecule has 198 valence electrons. The van der Waals surface area contributed by atoms with Crippen LogP contribution in [0.3, 0.4) is 0 Å². The second-order valence-electron chi connectivity index (χ2n) is 9.44. The average Bonchev–Trinajstić information content (AvgIpc) is 3.28. The van der Waals surface area contributed by atoms with Gasteiger partial charge in [0.1, 0.15) is 5.58 Å². The molecule has 3 aromatic carbocycles. The number of furan rings is 1. The Morgan fingerprint density at radius 3 is 2.47 bits per heavy atom. The maximum Gasteiger partial charge on any atom is 0.372 e. The Hall–Kier alpha value is -2.91. The van der Waals surface area contributed by atoms with Crippen LogP contribution in [0.15, 0.2) is 82.1 Å². The molecule has 0 saturated carbocycles. The third kappa shape index (κ3) is 6.21. The summed E-state index contributed by atoms with van der Waals surface area (Å²) in [5.74, 6) is -1.02. The molecule has 6 nitrogen and oxygen atoms in total. The number of anilines is 1. The molecule has 0 spiro atoms. The summed E-state index contributed by atoms with van der Waals surface area (Å²) >= 11 is 3.54. The molecule has 1 N–H and O–H groups in total. The molecule has 1 aromatic heterocycles. The molecule has 4 aromatic rings. The van der Waals surface area contributed by atoms with Crippen molar-refractivity contribution in [2.75, 3.05) is 43.9 Å². The Morgan fingerprint density at radius 2 is 1.74 bits per heavy atom. The minimum absolute atomic E-state index is 0.0126. The summed E-state index contributed by atoms with van der Waals surface area (Å²) in [6, 6.07) is 25.3. The summed E-state index contributed by atoms with van der Waals surface area (Å²) < 4.78 is 10.4. The number of benzene rings is 3. The number of hydrogen-bond donors (Lipinski definition) is 1. The van der Waals surface area contributed by atoms with E-state index in [0.717, 1.165) is 56.0 Å². The van der Waals surface area contributed by atoms with Gasteiger partial charge >= 0.3 is 5.97 Å². The maximum absolute atomic E-state index is 11.6. The number of carboxylic acid groups (broad SMARTS) is 1. The number of fused-ring (bicyclic) bond motifs is 1. The van der Waals surface area contributed by atoms with Crippen molar-refractivity contribution >= 4 is 46.5 Å². The van der Waals surface area contributed by atoms with E-state index in [1.54, 1.807) is 11.9 Å². The average molecular weight is 548 g/mol. The number of aryl methyl sites for hydroxylation is 1. The van der Waals surface area contributed by atoms with Crippen LogP contribution >= 0.6 is 23.9 Å². The maximum atomic E-state index is 11.6. The number of piperazine rings is 1. The second kappa shape index (κ2) is 12.3. The number of carboxylic acids is 1. The highest BCUT2D eigenvalue weighted by molar-refractivity contribution is 7.97. The molecule has 1 saturated heterocycles. The third-order valence-electron chi connectivity index (χ3n) is 7.00. The monoisotopic (exact) mass is 547 g/mol. The molecule has 0 radical (unpaired) electrons. The summed E-state index contributed by atoms with van der Waals surface area (Å²) in [4.78, 5) is 15.1. The van der Waals surface area contributed by atoms with Crippen LogP contribution in [0.25, 0.3) is 11.0 Å². The van der Waals surface area contributed by atoms with Gasteiger partial charge in [-0.25, -0.2) is 13.4 Å². The van der Waals surface area contributed by atoms with Crippen molar-refractivity contribution < 1.29 is 14.3 Å². The van der Waals surface area contributed by atoms with E-state index < -0.39 is 5.97 Å². The Morgan fingerprint density at radius 1 is 1.00 bits per heavy atom. The topological polar surface area (TPSA) is 60.2 Å². The van der Waals surface area contributed by atoms with Crippen molar-refractivity contribution in [1.82, 2.24) is 8.61 Å². The normalized spacial score (nSPS) is 14.4. The lowest BCUT2D eigenvalue weighted by Gasteiger charge is -2.36. The second-order valence-corrected chi connectivity index (χ2v) is 11.5. The van der Waals surface area contributed by atoms with E-state index in [1.807, 2.05) is 37.1 Å². The molecular formula is C30H33N3O3S2. The largest absolute Gasteiger partial charge is 0.475 e. The lowest BCUT2D eigenvalue weighted by molar-refractivity contribution is 0.0664. The van der Waals surface area contributed by atoms with Gasteiger partial charge in [0.25, 0.3) is 0 Å². The van der Waals surface area contributed by atoms with Crippen molar-refractivity contribution in [3.8, 4) is 0 Å². The Bertz CT molecular complexity index is 1380. The van der Waals surface area contributed by atoms with Crippen molar-refractivity contribution in [2.24, 2.45) is 0 Å². The summed E-state index contributed by atoms with van der Waals surface area (Å²) in [7, 11) is 0. The molecule has 0 bridgehead atoms. The highest BCUT2D eigenvalue weighted by Crippen LogP contribution is 2.33. The van der Waals surface area contributed by atoms with Gasteiger partial charge in [0.05, 0.1) is 0 Å². The van der Waals surface area contributed by atoms with Gasteiger partial charge in [-0.2, -0.15) is 0 Å². The van der Waals surface area contributed by atoms with E-state index in [9.17, 15) is 9.90 Å². The van der Waals surface area contributed by atoms with Gasteiger partial charge in [-0.05, 0) is 66.9 Å². The van der Waals surface area contributed by atoms with Gasteiger partial charge < -0.3 is 14.4 Å². The van der Waals surface area contributed by atoms with Crippen molar-refractivity contribution in [1.29, 1.82) is 0 Å². The first-order chi connectivity index (χ1) is 18.5. The summed E-state index contributed by atoms with van der Waals surface area (Å²) in [5.41, 5.74) is 5.22. The first-order valence-electron chi connectivity index (χ1n) is 12.9. The van der Waals surface area contributed by atoms with Crippen LogP contribution in [0, 0.1) is 6.92 Å². The fraction of sp³-hybridized carbons (Fsp3) is 0.300. The number of rotatable bonds is 10. The lowest BCUT2D eigenvalue weighted by atomic mass is 10.1. The zero-order valence-electron chi connectivity index (χ0n) is 21.8. The van der Waals surface area contributed by atoms with Gasteiger partial charge in [0.2, 0.25) is 5.76 Å². The van der Waals surface area contributed by atoms with Gasteiger partial charge in [0.15, 0.2) is 0 Å². The van der Waals surface area contributed by atoms with Crippen LogP contribution in [-0.2, 0) is 13.0 Å². The number of nitrogens with zero attached hydrogens (tertiary/aromatic N) is 3. The molecule has 0 amide bonds. The highest BCUT2D eigenvalue weighted by Gasteiger charge is 2.21. The molecule has 0 atom stereocenters. The zero-order valence-corrected chi connectivity index (χ0v) is 23.4. The minimum atomic E-state index is -1.03. The highest BCUT2D eigenvalue weighted by atomic mass is 32.2. The smallest absolute Gasteiger partial charge is 0.372 e. The Balaban J connectivity index is 1.39. The summed E-state index contributed by atoms with van der Waals surface area (Å²) in [5, 5.41) is 10.3.